The Kier molecular flexibility index (Phi) is 3.78. The second-order valence-electron chi connectivity index (χ2n) is 4.15. The Morgan fingerprint density at radius 1 is 1.06 bits per heavy atom. The van der Waals surface area contributed by atoms with Crippen molar-refractivity contribution in [1.29, 1.82) is 0 Å². The summed E-state index contributed by atoms with van der Waals surface area (Å²) < 4.78 is 27.6. The highest BCUT2D eigenvalue weighted by atomic mass is 79.9. The zero-order valence-electron chi connectivity index (χ0n) is 9.75. The smallest absolute Gasteiger partial charge is 0.129 e. The molecule has 2 aromatic carbocycles. The molecule has 0 aliphatic carbocycles. The van der Waals surface area contributed by atoms with Gasteiger partial charge in [-0.15, -0.1) is 0 Å². The summed E-state index contributed by atoms with van der Waals surface area (Å²) in [5.41, 5.74) is 7.59. The molecule has 0 bridgehead atoms. The fourth-order valence-electron chi connectivity index (χ4n) is 1.79. The largest absolute Gasteiger partial charge is 0.320 e. The molecule has 0 radical (unpaired) electrons. The van der Waals surface area contributed by atoms with Crippen LogP contribution < -0.4 is 5.73 Å². The van der Waals surface area contributed by atoms with E-state index in [4.69, 9.17) is 5.73 Å². The van der Waals surface area contributed by atoms with E-state index in [-0.39, 0.29) is 11.6 Å². The molecule has 1 unspecified atom stereocenters. The van der Waals surface area contributed by atoms with Gasteiger partial charge in [0.15, 0.2) is 0 Å². The standard InChI is InChI=1S/C14H12BrF2N/c1-8-6-9(2-5-12(8)16)14(18)11-4-3-10(15)7-13(11)17/h2-7,14H,18H2,1H3. The molecular weight excluding hydrogens is 300 g/mol. The topological polar surface area (TPSA) is 26.0 Å². The number of rotatable bonds is 2. The van der Waals surface area contributed by atoms with Gasteiger partial charge in [0.2, 0.25) is 0 Å². The van der Waals surface area contributed by atoms with E-state index in [1.807, 2.05) is 0 Å². The molecule has 0 aliphatic rings. The summed E-state index contributed by atoms with van der Waals surface area (Å²) in [4.78, 5) is 0. The Balaban J connectivity index is 2.41. The minimum Gasteiger partial charge on any atom is -0.320 e. The number of nitrogens with two attached hydrogens (primary N) is 1. The molecule has 0 fully saturated rings. The number of halogens is 3. The number of aryl methyl sites for hydroxylation is 1. The minimum atomic E-state index is -0.600. The van der Waals surface area contributed by atoms with Gasteiger partial charge in [-0.3, -0.25) is 0 Å². The summed E-state index contributed by atoms with van der Waals surface area (Å²) in [6.07, 6.45) is 0. The van der Waals surface area contributed by atoms with E-state index in [2.05, 4.69) is 15.9 Å². The highest BCUT2D eigenvalue weighted by molar-refractivity contribution is 9.10. The molecule has 0 saturated heterocycles. The Bertz CT molecular complexity index is 584. The lowest BCUT2D eigenvalue weighted by Gasteiger charge is -2.14. The van der Waals surface area contributed by atoms with Crippen LogP contribution >= 0.6 is 15.9 Å². The van der Waals surface area contributed by atoms with Crippen LogP contribution in [-0.2, 0) is 0 Å². The van der Waals surface area contributed by atoms with Gasteiger partial charge in [0.1, 0.15) is 11.6 Å². The molecule has 94 valence electrons. The second kappa shape index (κ2) is 5.16. The Morgan fingerprint density at radius 2 is 1.78 bits per heavy atom. The first-order chi connectivity index (χ1) is 8.49. The van der Waals surface area contributed by atoms with Crippen molar-refractivity contribution < 1.29 is 8.78 Å². The van der Waals surface area contributed by atoms with Crippen molar-refractivity contribution in [3.63, 3.8) is 0 Å². The van der Waals surface area contributed by atoms with Crippen LogP contribution in [0.5, 0.6) is 0 Å². The van der Waals surface area contributed by atoms with Crippen LogP contribution in [0.2, 0.25) is 0 Å². The van der Waals surface area contributed by atoms with Crippen molar-refractivity contribution in [3.05, 3.63) is 69.2 Å². The summed E-state index contributed by atoms with van der Waals surface area (Å²) >= 11 is 3.19. The van der Waals surface area contributed by atoms with Crippen molar-refractivity contribution in [1.82, 2.24) is 0 Å². The van der Waals surface area contributed by atoms with E-state index in [9.17, 15) is 8.78 Å². The molecule has 1 atom stereocenters. The fourth-order valence-corrected chi connectivity index (χ4v) is 2.13. The first kappa shape index (κ1) is 13.2. The van der Waals surface area contributed by atoms with E-state index < -0.39 is 6.04 Å². The molecule has 18 heavy (non-hydrogen) atoms. The Morgan fingerprint density at radius 3 is 2.39 bits per heavy atom. The molecule has 0 saturated carbocycles. The number of benzene rings is 2. The Hall–Kier alpha value is -1.26. The third-order valence-electron chi connectivity index (χ3n) is 2.84. The molecule has 0 aliphatic heterocycles. The quantitative estimate of drug-likeness (QED) is 0.888. The molecule has 2 N–H and O–H groups in total. The molecule has 4 heteroatoms. The highest BCUT2D eigenvalue weighted by Gasteiger charge is 2.14. The zero-order chi connectivity index (χ0) is 13.3. The normalized spacial score (nSPS) is 12.5. The second-order valence-corrected chi connectivity index (χ2v) is 5.07. The monoisotopic (exact) mass is 311 g/mol. The number of hydrogen-bond acceptors (Lipinski definition) is 1. The van der Waals surface area contributed by atoms with E-state index >= 15 is 0 Å². The molecular formula is C14H12BrF2N. The minimum absolute atomic E-state index is 0.290. The van der Waals surface area contributed by atoms with Crippen LogP contribution in [-0.4, -0.2) is 0 Å². The number of hydrogen-bond donors (Lipinski definition) is 1. The third kappa shape index (κ3) is 2.60. The summed E-state index contributed by atoms with van der Waals surface area (Å²) in [5, 5.41) is 0. The molecule has 1 nitrogen and oxygen atoms in total. The van der Waals surface area contributed by atoms with E-state index in [1.54, 1.807) is 31.2 Å². The van der Waals surface area contributed by atoms with Gasteiger partial charge in [0, 0.05) is 10.0 Å². The lowest BCUT2D eigenvalue weighted by Crippen LogP contribution is -2.14. The van der Waals surface area contributed by atoms with Crippen LogP contribution in [0.25, 0.3) is 0 Å². The first-order valence-corrected chi connectivity index (χ1v) is 6.25. The fraction of sp³-hybridized carbons (Fsp3) is 0.143. The Labute approximate surface area is 113 Å². The maximum Gasteiger partial charge on any atom is 0.129 e. The molecule has 0 amide bonds. The molecule has 0 heterocycles. The van der Waals surface area contributed by atoms with Crippen molar-refractivity contribution in [2.45, 2.75) is 13.0 Å². The van der Waals surface area contributed by atoms with Crippen molar-refractivity contribution >= 4 is 15.9 Å². The van der Waals surface area contributed by atoms with Gasteiger partial charge < -0.3 is 5.73 Å². The summed E-state index contributed by atoms with van der Waals surface area (Å²) in [6, 6.07) is 8.69. The molecule has 0 spiro atoms. The van der Waals surface area contributed by atoms with Crippen LogP contribution in [0.4, 0.5) is 8.78 Å². The van der Waals surface area contributed by atoms with E-state index in [1.165, 1.54) is 12.1 Å². The van der Waals surface area contributed by atoms with Crippen molar-refractivity contribution in [2.24, 2.45) is 5.73 Å². The predicted molar refractivity (Wildman–Crippen MR) is 71.3 cm³/mol. The van der Waals surface area contributed by atoms with Gasteiger partial charge in [0.05, 0.1) is 6.04 Å². The van der Waals surface area contributed by atoms with Crippen molar-refractivity contribution in [2.75, 3.05) is 0 Å². The van der Waals surface area contributed by atoms with Gasteiger partial charge in [-0.1, -0.05) is 34.1 Å². The van der Waals surface area contributed by atoms with Gasteiger partial charge in [-0.25, -0.2) is 8.78 Å². The van der Waals surface area contributed by atoms with Gasteiger partial charge in [0.25, 0.3) is 0 Å². The van der Waals surface area contributed by atoms with Crippen LogP contribution in [0.15, 0.2) is 40.9 Å². The molecule has 2 rings (SSSR count). The van der Waals surface area contributed by atoms with Crippen LogP contribution in [0, 0.1) is 18.6 Å². The first-order valence-electron chi connectivity index (χ1n) is 5.45. The lowest BCUT2D eigenvalue weighted by molar-refractivity contribution is 0.597. The van der Waals surface area contributed by atoms with Crippen LogP contribution in [0.1, 0.15) is 22.7 Å². The molecule has 2 aromatic rings. The predicted octanol–water partition coefficient (Wildman–Crippen LogP) is 4.08. The van der Waals surface area contributed by atoms with Gasteiger partial charge in [-0.05, 0) is 36.2 Å². The maximum absolute atomic E-state index is 13.8. The highest BCUT2D eigenvalue weighted by Crippen LogP contribution is 2.25. The van der Waals surface area contributed by atoms with Gasteiger partial charge >= 0.3 is 0 Å². The summed E-state index contributed by atoms with van der Waals surface area (Å²) in [7, 11) is 0. The summed E-state index contributed by atoms with van der Waals surface area (Å²) in [5.74, 6) is -0.666. The zero-order valence-corrected chi connectivity index (χ0v) is 11.3. The molecule has 0 aromatic heterocycles. The lowest BCUT2D eigenvalue weighted by atomic mass is 9.97. The van der Waals surface area contributed by atoms with E-state index in [0.717, 1.165) is 0 Å². The average Bonchev–Trinajstić information content (AvgIpc) is 2.32. The average molecular weight is 312 g/mol. The summed E-state index contributed by atoms with van der Waals surface area (Å²) in [6.45, 7) is 1.66. The van der Waals surface area contributed by atoms with Crippen molar-refractivity contribution in [3.8, 4) is 0 Å². The van der Waals surface area contributed by atoms with Gasteiger partial charge in [-0.2, -0.15) is 0 Å². The SMILES string of the molecule is Cc1cc(C(N)c2ccc(Br)cc2F)ccc1F. The van der Waals surface area contributed by atoms with Crippen LogP contribution in [0.3, 0.4) is 0 Å². The third-order valence-corrected chi connectivity index (χ3v) is 3.33. The van der Waals surface area contributed by atoms with E-state index in [0.29, 0.717) is 21.2 Å². The maximum atomic E-state index is 13.8.